The van der Waals surface area contributed by atoms with Gasteiger partial charge < -0.3 is 4.74 Å². The minimum atomic E-state index is 0.404. The van der Waals surface area contributed by atoms with E-state index in [0.717, 1.165) is 13.0 Å². The van der Waals surface area contributed by atoms with E-state index in [2.05, 4.69) is 55.8 Å². The fourth-order valence-electron chi connectivity index (χ4n) is 1.21. The second-order valence-corrected chi connectivity index (χ2v) is 4.80. The Morgan fingerprint density at radius 1 is 1.07 bits per heavy atom. The number of methoxy groups -OCH3 is 1. The summed E-state index contributed by atoms with van der Waals surface area (Å²) in [6.07, 6.45) is 1.16. The van der Waals surface area contributed by atoms with Gasteiger partial charge in [0, 0.05) is 13.7 Å². The van der Waals surface area contributed by atoms with E-state index in [9.17, 15) is 0 Å². The molecule has 0 N–H and O–H groups in total. The van der Waals surface area contributed by atoms with Gasteiger partial charge in [-0.3, -0.25) is 0 Å². The Labute approximate surface area is 94.5 Å². The molecular weight excluding hydrogens is 184 g/mol. The molecule has 1 aromatic rings. The van der Waals surface area contributed by atoms with Crippen LogP contribution in [0.3, 0.4) is 0 Å². The molecule has 0 fully saturated rings. The predicted molar refractivity (Wildman–Crippen MR) is 67.2 cm³/mol. The van der Waals surface area contributed by atoms with E-state index in [0.29, 0.717) is 5.41 Å². The molecule has 0 aliphatic carbocycles. The molecule has 0 atom stereocenters. The summed E-state index contributed by atoms with van der Waals surface area (Å²) in [7, 11) is 1.68. The van der Waals surface area contributed by atoms with Gasteiger partial charge in [-0.15, -0.1) is 0 Å². The Bertz CT molecular complexity index is 231. The topological polar surface area (TPSA) is 9.23 Å². The molecule has 0 bridgehead atoms. The molecular formula is C14H24O. The highest BCUT2D eigenvalue weighted by atomic mass is 16.5. The Morgan fingerprint density at radius 2 is 1.53 bits per heavy atom. The van der Waals surface area contributed by atoms with Crippen LogP contribution in [0.2, 0.25) is 0 Å². The fourth-order valence-corrected chi connectivity index (χ4v) is 1.21. The third kappa shape index (κ3) is 9.48. The lowest BCUT2D eigenvalue weighted by Gasteiger charge is -2.17. The van der Waals surface area contributed by atoms with Gasteiger partial charge in [-0.2, -0.15) is 0 Å². The van der Waals surface area contributed by atoms with Gasteiger partial charge in [0.1, 0.15) is 0 Å². The Morgan fingerprint density at radius 3 is 1.87 bits per heavy atom. The van der Waals surface area contributed by atoms with Gasteiger partial charge in [0.2, 0.25) is 0 Å². The molecule has 0 unspecified atom stereocenters. The van der Waals surface area contributed by atoms with E-state index in [1.807, 2.05) is 6.92 Å². The zero-order chi connectivity index (χ0) is 11.7. The molecule has 0 heterocycles. The largest absolute Gasteiger partial charge is 0.385 e. The zero-order valence-corrected chi connectivity index (χ0v) is 10.7. The summed E-state index contributed by atoms with van der Waals surface area (Å²) in [5, 5.41) is 0. The van der Waals surface area contributed by atoms with Crippen LogP contribution in [-0.2, 0) is 11.2 Å². The standard InChI is InChI=1S/C11H16.C3H8O/c1-11(2,3)9-10-7-5-4-6-8-10;1-3-4-2/h4-8H,9H2,1-3H3;3H2,1-2H3. The quantitative estimate of drug-likeness (QED) is 0.715. The fraction of sp³-hybridized carbons (Fsp3) is 0.571. The van der Waals surface area contributed by atoms with Crippen molar-refractivity contribution in [1.29, 1.82) is 0 Å². The van der Waals surface area contributed by atoms with Gasteiger partial charge in [-0.25, -0.2) is 0 Å². The van der Waals surface area contributed by atoms with Crippen molar-refractivity contribution >= 4 is 0 Å². The van der Waals surface area contributed by atoms with Crippen molar-refractivity contribution in [2.75, 3.05) is 13.7 Å². The molecule has 0 radical (unpaired) electrons. The van der Waals surface area contributed by atoms with Gasteiger partial charge in [0.05, 0.1) is 0 Å². The summed E-state index contributed by atoms with van der Waals surface area (Å²) in [4.78, 5) is 0. The zero-order valence-electron chi connectivity index (χ0n) is 10.7. The normalized spacial score (nSPS) is 10.5. The number of hydrogen-bond acceptors (Lipinski definition) is 1. The molecule has 0 amide bonds. The third-order valence-electron chi connectivity index (χ3n) is 1.87. The van der Waals surface area contributed by atoms with Crippen LogP contribution in [0.5, 0.6) is 0 Å². The van der Waals surface area contributed by atoms with Crippen molar-refractivity contribution in [3.63, 3.8) is 0 Å². The number of benzene rings is 1. The van der Waals surface area contributed by atoms with Gasteiger partial charge in [0.25, 0.3) is 0 Å². The van der Waals surface area contributed by atoms with Crippen molar-refractivity contribution < 1.29 is 4.74 Å². The lowest BCUT2D eigenvalue weighted by Crippen LogP contribution is -2.08. The minimum Gasteiger partial charge on any atom is -0.385 e. The van der Waals surface area contributed by atoms with E-state index in [4.69, 9.17) is 0 Å². The monoisotopic (exact) mass is 208 g/mol. The van der Waals surface area contributed by atoms with Crippen molar-refractivity contribution in [3.05, 3.63) is 35.9 Å². The second-order valence-electron chi connectivity index (χ2n) is 4.80. The highest BCUT2D eigenvalue weighted by Gasteiger charge is 2.09. The van der Waals surface area contributed by atoms with Crippen LogP contribution in [0.4, 0.5) is 0 Å². The molecule has 0 aliphatic heterocycles. The van der Waals surface area contributed by atoms with Crippen LogP contribution < -0.4 is 0 Å². The van der Waals surface area contributed by atoms with Gasteiger partial charge >= 0.3 is 0 Å². The van der Waals surface area contributed by atoms with Crippen LogP contribution in [0.1, 0.15) is 33.3 Å². The molecule has 0 aliphatic rings. The summed E-state index contributed by atoms with van der Waals surface area (Å²) in [5.74, 6) is 0. The smallest absolute Gasteiger partial charge is 0.0433 e. The third-order valence-corrected chi connectivity index (χ3v) is 1.87. The maximum absolute atomic E-state index is 4.54. The molecule has 0 saturated carbocycles. The highest BCUT2D eigenvalue weighted by Crippen LogP contribution is 2.19. The lowest BCUT2D eigenvalue weighted by molar-refractivity contribution is 0.215. The Kier molecular flexibility index (Phi) is 7.06. The van der Waals surface area contributed by atoms with E-state index < -0.39 is 0 Å². The molecule has 15 heavy (non-hydrogen) atoms. The van der Waals surface area contributed by atoms with Crippen LogP contribution in [-0.4, -0.2) is 13.7 Å². The molecule has 0 aromatic heterocycles. The predicted octanol–water partition coefficient (Wildman–Crippen LogP) is 3.93. The highest BCUT2D eigenvalue weighted by molar-refractivity contribution is 5.15. The van der Waals surface area contributed by atoms with Crippen LogP contribution >= 0.6 is 0 Å². The average molecular weight is 208 g/mol. The van der Waals surface area contributed by atoms with Crippen LogP contribution in [0.15, 0.2) is 30.3 Å². The minimum absolute atomic E-state index is 0.404. The Hall–Kier alpha value is -0.820. The van der Waals surface area contributed by atoms with Crippen molar-refractivity contribution in [3.8, 4) is 0 Å². The van der Waals surface area contributed by atoms with Crippen molar-refractivity contribution in [1.82, 2.24) is 0 Å². The molecule has 1 nitrogen and oxygen atoms in total. The molecule has 0 saturated heterocycles. The summed E-state index contributed by atoms with van der Waals surface area (Å²) < 4.78 is 4.54. The van der Waals surface area contributed by atoms with Gasteiger partial charge in [-0.1, -0.05) is 51.1 Å². The average Bonchev–Trinajstić information content (AvgIpc) is 2.17. The Balaban J connectivity index is 0.000000423. The van der Waals surface area contributed by atoms with Crippen molar-refractivity contribution in [2.24, 2.45) is 5.41 Å². The number of rotatable bonds is 2. The summed E-state index contributed by atoms with van der Waals surface area (Å²) in [6.45, 7) is 9.57. The molecule has 1 heteroatoms. The van der Waals surface area contributed by atoms with Crippen LogP contribution in [0, 0.1) is 5.41 Å². The number of hydrogen-bond donors (Lipinski definition) is 0. The molecule has 1 rings (SSSR count). The molecule has 0 spiro atoms. The first-order valence-corrected chi connectivity index (χ1v) is 5.52. The molecule has 86 valence electrons. The first-order valence-electron chi connectivity index (χ1n) is 5.52. The van der Waals surface area contributed by atoms with E-state index in [1.165, 1.54) is 5.56 Å². The maximum Gasteiger partial charge on any atom is 0.0433 e. The first-order chi connectivity index (χ1) is 6.99. The maximum atomic E-state index is 4.54. The number of ether oxygens (including phenoxy) is 1. The van der Waals surface area contributed by atoms with Crippen molar-refractivity contribution in [2.45, 2.75) is 34.1 Å². The molecule has 1 aromatic carbocycles. The summed E-state index contributed by atoms with van der Waals surface area (Å²) >= 11 is 0. The summed E-state index contributed by atoms with van der Waals surface area (Å²) in [6, 6.07) is 10.6. The second kappa shape index (κ2) is 7.47. The van der Waals surface area contributed by atoms with E-state index in [1.54, 1.807) is 7.11 Å². The van der Waals surface area contributed by atoms with E-state index in [-0.39, 0.29) is 0 Å². The van der Waals surface area contributed by atoms with Crippen LogP contribution in [0.25, 0.3) is 0 Å². The lowest BCUT2D eigenvalue weighted by atomic mass is 9.88. The first kappa shape index (κ1) is 14.2. The van der Waals surface area contributed by atoms with E-state index >= 15 is 0 Å². The SMILES string of the molecule is CC(C)(C)Cc1ccccc1.CCOC. The van der Waals surface area contributed by atoms with Gasteiger partial charge in [-0.05, 0) is 24.3 Å². The van der Waals surface area contributed by atoms with Gasteiger partial charge in [0.15, 0.2) is 0 Å². The summed E-state index contributed by atoms with van der Waals surface area (Å²) in [5.41, 5.74) is 1.83.